The van der Waals surface area contributed by atoms with Gasteiger partial charge < -0.3 is 4.57 Å². The highest BCUT2D eigenvalue weighted by Crippen LogP contribution is 2.32. The van der Waals surface area contributed by atoms with Crippen LogP contribution in [-0.2, 0) is 7.05 Å². The summed E-state index contributed by atoms with van der Waals surface area (Å²) < 4.78 is 3.99. The van der Waals surface area contributed by atoms with Crippen LogP contribution in [0.15, 0.2) is 59.4 Å². The maximum atomic E-state index is 13.0. The largest absolute Gasteiger partial charge is 0.341 e. The van der Waals surface area contributed by atoms with Gasteiger partial charge in [-0.3, -0.25) is 4.79 Å². The van der Waals surface area contributed by atoms with Gasteiger partial charge in [0.2, 0.25) is 0 Å². The number of nitrogens with zero attached hydrogens (tertiary/aromatic N) is 2. The molecule has 0 radical (unpaired) electrons. The van der Waals surface area contributed by atoms with Gasteiger partial charge >= 0.3 is 15.4 Å². The van der Waals surface area contributed by atoms with Crippen molar-refractivity contribution in [3.05, 3.63) is 70.6 Å². The van der Waals surface area contributed by atoms with Crippen molar-refractivity contribution >= 4 is 22.4 Å². The molecule has 0 atom stereocenters. The summed E-state index contributed by atoms with van der Waals surface area (Å²) in [5.74, 6) is 0. The Kier molecular flexibility index (Phi) is 2.87. The quantitative estimate of drug-likeness (QED) is 0.487. The summed E-state index contributed by atoms with van der Waals surface area (Å²) in [6, 6.07) is 17.9. The Balaban J connectivity index is 2.19. The normalized spacial score (nSPS) is 11.4. The molecular weight excluding hydrogens is 292 g/mol. The number of hydrogen-bond donors (Lipinski definition) is 0. The molecule has 3 nitrogen and oxygen atoms in total. The molecule has 0 fully saturated rings. The topological polar surface area (TPSA) is 26.9 Å². The van der Waals surface area contributed by atoms with E-state index >= 15 is 0 Å². The van der Waals surface area contributed by atoms with E-state index in [4.69, 9.17) is 0 Å². The molecular formula is C18H15N2OS+. The smallest absolute Gasteiger partial charge is 0.332 e. The lowest BCUT2D eigenvalue weighted by Crippen LogP contribution is -2.18. The summed E-state index contributed by atoms with van der Waals surface area (Å²) in [7, 11) is 2.05. The number of aromatic nitrogens is 2. The van der Waals surface area contributed by atoms with Gasteiger partial charge in [-0.1, -0.05) is 30.3 Å². The number of para-hydroxylation sites is 2. The van der Waals surface area contributed by atoms with Gasteiger partial charge in [-0.25, -0.2) is 4.57 Å². The fraction of sp³-hybridized carbons (Fsp3) is 0.111. The summed E-state index contributed by atoms with van der Waals surface area (Å²) in [6.45, 7) is 2.06. The van der Waals surface area contributed by atoms with Crippen LogP contribution in [0.3, 0.4) is 0 Å². The minimum absolute atomic E-state index is 0.0612. The van der Waals surface area contributed by atoms with E-state index in [1.165, 1.54) is 0 Å². The molecule has 0 spiro atoms. The lowest BCUT2D eigenvalue weighted by Gasteiger charge is -2.12. The highest BCUT2D eigenvalue weighted by atomic mass is 32.1. The molecule has 0 bridgehead atoms. The minimum atomic E-state index is 0.0612. The summed E-state index contributed by atoms with van der Waals surface area (Å²) in [6.07, 6.45) is 0. The van der Waals surface area contributed by atoms with Crippen LogP contribution in [-0.4, -0.2) is 9.13 Å². The summed E-state index contributed by atoms with van der Waals surface area (Å²) in [5.41, 5.74) is 4.16. The van der Waals surface area contributed by atoms with E-state index < -0.39 is 0 Å². The molecule has 2 aliphatic heterocycles. The average Bonchev–Trinajstić information content (AvgIpc) is 2.91. The molecule has 2 aromatic carbocycles. The number of hydrogen-bond acceptors (Lipinski definition) is 1. The van der Waals surface area contributed by atoms with Crippen molar-refractivity contribution in [2.75, 3.05) is 0 Å². The Hall–Kier alpha value is -2.46. The Labute approximate surface area is 132 Å². The maximum absolute atomic E-state index is 13.0. The van der Waals surface area contributed by atoms with Crippen LogP contribution in [0.25, 0.3) is 26.5 Å². The van der Waals surface area contributed by atoms with Gasteiger partial charge in [0.25, 0.3) is 11.3 Å². The standard InChI is InChI=1S/C18H15N2OS/c1-12-18-20(15-11-7-6-10-14(15)19(12)2)17(21)16(22-18)13-8-4-3-5-9-13/h3-11H,1-2H3/q+1. The van der Waals surface area contributed by atoms with Crippen molar-refractivity contribution in [3.8, 4) is 15.4 Å². The van der Waals surface area contributed by atoms with Crippen LogP contribution < -0.4 is 5.56 Å². The van der Waals surface area contributed by atoms with Crippen LogP contribution in [0.1, 0.15) is 5.69 Å². The van der Waals surface area contributed by atoms with Gasteiger partial charge in [-0.15, -0.1) is 0 Å². The van der Waals surface area contributed by atoms with E-state index in [1.807, 2.05) is 66.2 Å². The van der Waals surface area contributed by atoms with Crippen molar-refractivity contribution in [3.63, 3.8) is 0 Å². The minimum Gasteiger partial charge on any atom is -0.341 e. The van der Waals surface area contributed by atoms with Gasteiger partial charge in [0, 0.05) is 12.6 Å². The summed E-state index contributed by atoms with van der Waals surface area (Å²) in [4.78, 5) is 13.8. The first-order valence-electron chi connectivity index (χ1n) is 7.17. The van der Waals surface area contributed by atoms with Gasteiger partial charge in [-0.2, -0.15) is 0 Å². The molecule has 0 unspecified atom stereocenters. The van der Waals surface area contributed by atoms with Crippen LogP contribution in [0.2, 0.25) is 0 Å². The monoisotopic (exact) mass is 307 g/mol. The van der Waals surface area contributed by atoms with Gasteiger partial charge in [0.1, 0.15) is 5.69 Å². The Morgan fingerprint density at radius 3 is 2.27 bits per heavy atom. The predicted octanol–water partition coefficient (Wildman–Crippen LogP) is 4.09. The van der Waals surface area contributed by atoms with Crippen LogP contribution >= 0.6 is 11.3 Å². The Morgan fingerprint density at radius 1 is 0.909 bits per heavy atom. The second kappa shape index (κ2) is 4.78. The van der Waals surface area contributed by atoms with E-state index in [0.29, 0.717) is 0 Å². The molecule has 4 rings (SSSR count). The molecule has 2 aromatic rings. The Bertz CT molecular complexity index is 1010. The first-order valence-corrected chi connectivity index (χ1v) is 7.98. The third-order valence-corrected chi connectivity index (χ3v) is 5.42. The molecule has 2 heterocycles. The van der Waals surface area contributed by atoms with Crippen molar-refractivity contribution < 1.29 is 0 Å². The molecule has 0 aliphatic carbocycles. The van der Waals surface area contributed by atoms with E-state index in [0.717, 1.165) is 32.2 Å². The zero-order valence-corrected chi connectivity index (χ0v) is 13.2. The number of thiazole rings is 1. The molecule has 0 N–H and O–H groups in total. The van der Waals surface area contributed by atoms with Crippen LogP contribution in [0, 0.1) is 6.92 Å². The van der Waals surface area contributed by atoms with E-state index in [2.05, 4.69) is 11.5 Å². The molecule has 0 amide bonds. The second-order valence-corrected chi connectivity index (χ2v) is 6.38. The van der Waals surface area contributed by atoms with Gasteiger partial charge in [0.05, 0.1) is 11.0 Å². The molecule has 108 valence electrons. The van der Waals surface area contributed by atoms with Crippen molar-refractivity contribution in [1.29, 1.82) is 0 Å². The van der Waals surface area contributed by atoms with E-state index in [-0.39, 0.29) is 5.56 Å². The zero-order chi connectivity index (χ0) is 15.3. The van der Waals surface area contributed by atoms with E-state index in [9.17, 15) is 4.79 Å². The van der Waals surface area contributed by atoms with Crippen LogP contribution in [0.5, 0.6) is 0 Å². The number of fused-ring (bicyclic) bond motifs is 3. The van der Waals surface area contributed by atoms with Crippen molar-refractivity contribution in [2.24, 2.45) is 7.05 Å². The Morgan fingerprint density at radius 2 is 1.55 bits per heavy atom. The molecule has 0 aromatic heterocycles. The van der Waals surface area contributed by atoms with Gasteiger partial charge in [-0.05, 0) is 31.2 Å². The fourth-order valence-corrected chi connectivity index (χ4v) is 4.05. The summed E-state index contributed by atoms with van der Waals surface area (Å²) >= 11 is 1.56. The first kappa shape index (κ1) is 13.2. The highest BCUT2D eigenvalue weighted by molar-refractivity contribution is 7.18. The van der Waals surface area contributed by atoms with Gasteiger partial charge in [0.15, 0.2) is 0 Å². The molecule has 2 aliphatic rings. The third-order valence-electron chi connectivity index (χ3n) is 4.13. The average molecular weight is 307 g/mol. The third kappa shape index (κ3) is 1.74. The number of aryl methyl sites for hydroxylation is 1. The van der Waals surface area contributed by atoms with E-state index in [1.54, 1.807) is 11.3 Å². The second-order valence-electron chi connectivity index (χ2n) is 5.38. The molecule has 4 heteroatoms. The maximum Gasteiger partial charge on any atom is 0.332 e. The molecule has 22 heavy (non-hydrogen) atoms. The molecule has 0 saturated heterocycles. The van der Waals surface area contributed by atoms with Crippen LogP contribution in [0.4, 0.5) is 0 Å². The predicted molar refractivity (Wildman–Crippen MR) is 92.2 cm³/mol. The highest BCUT2D eigenvalue weighted by Gasteiger charge is 2.32. The SMILES string of the molecule is Cc1c2[s+]c(-c3ccccc3)c(=O)n-2c2ccccc2n1C. The lowest BCUT2D eigenvalue weighted by molar-refractivity contribution is 0.866. The fourth-order valence-electron chi connectivity index (χ4n) is 2.87. The number of rotatable bonds is 1. The van der Waals surface area contributed by atoms with Crippen molar-refractivity contribution in [1.82, 2.24) is 9.13 Å². The van der Waals surface area contributed by atoms with Crippen molar-refractivity contribution in [2.45, 2.75) is 6.92 Å². The zero-order valence-electron chi connectivity index (χ0n) is 12.4. The molecule has 0 saturated carbocycles. The summed E-state index contributed by atoms with van der Waals surface area (Å²) in [5, 5.41) is 1.00. The lowest BCUT2D eigenvalue weighted by atomic mass is 10.2. The first-order chi connectivity index (χ1) is 10.7. The number of benzene rings is 2.